The van der Waals surface area contributed by atoms with Gasteiger partial charge in [-0.2, -0.15) is 0 Å². The highest BCUT2D eigenvalue weighted by atomic mass is 35.5. The molecule has 0 aromatic heterocycles. The molecule has 4 rings (SSSR count). The molecule has 0 radical (unpaired) electrons. The topological polar surface area (TPSA) is 44.4 Å². The monoisotopic (exact) mass is 417 g/mol. The Morgan fingerprint density at radius 3 is 2.74 bits per heavy atom. The van der Waals surface area contributed by atoms with Gasteiger partial charge in [-0.1, -0.05) is 0 Å². The molecule has 7 heteroatoms. The van der Waals surface area contributed by atoms with Crippen molar-refractivity contribution in [1.29, 1.82) is 0 Å². The molecule has 1 aromatic rings. The predicted molar refractivity (Wildman–Crippen MR) is 112 cm³/mol. The number of aryl methyl sites for hydroxylation is 1. The van der Waals surface area contributed by atoms with E-state index in [2.05, 4.69) is 15.5 Å². The Hall–Kier alpha value is -1.04. The highest BCUT2D eigenvalue weighted by molar-refractivity contribution is 5.85. The van der Waals surface area contributed by atoms with Crippen LogP contribution in [0.2, 0.25) is 0 Å². The molecule has 152 valence electrons. The fourth-order valence-corrected chi connectivity index (χ4v) is 4.78. The fraction of sp³-hybridized carbons (Fsp3) is 0.650. The second-order valence-corrected chi connectivity index (χ2v) is 8.09. The smallest absolute Gasteiger partial charge is 0.223 e. The zero-order chi connectivity index (χ0) is 17.4. The molecule has 0 bridgehead atoms. The van der Waals surface area contributed by atoms with Crippen LogP contribution in [-0.2, 0) is 4.79 Å². The quantitative estimate of drug-likeness (QED) is 0.791. The van der Waals surface area contributed by atoms with E-state index in [0.717, 1.165) is 69.5 Å². The number of halogens is 3. The first-order chi connectivity index (χ1) is 12.1. The SMILES string of the molecule is Cc1cc(F)ccc1N1CCCC(NC(=O)C2CC23CCNCC3)C1.Cl.Cl. The van der Waals surface area contributed by atoms with Crippen LogP contribution in [0.3, 0.4) is 0 Å². The number of amides is 1. The van der Waals surface area contributed by atoms with Crippen LogP contribution < -0.4 is 15.5 Å². The highest BCUT2D eigenvalue weighted by Crippen LogP contribution is 2.58. The number of hydrogen-bond donors (Lipinski definition) is 2. The lowest BCUT2D eigenvalue weighted by molar-refractivity contribution is -0.124. The van der Waals surface area contributed by atoms with Gasteiger partial charge in [-0.3, -0.25) is 4.79 Å². The van der Waals surface area contributed by atoms with Crippen molar-refractivity contribution in [3.63, 3.8) is 0 Å². The van der Waals surface area contributed by atoms with Crippen LogP contribution in [-0.4, -0.2) is 38.1 Å². The van der Waals surface area contributed by atoms with Gasteiger partial charge in [0, 0.05) is 30.7 Å². The van der Waals surface area contributed by atoms with E-state index in [1.165, 1.54) is 6.07 Å². The maximum absolute atomic E-state index is 13.4. The first-order valence-corrected chi connectivity index (χ1v) is 9.60. The standard InChI is InChI=1S/C20H28FN3O.2ClH/c1-14-11-15(21)4-5-18(14)24-10-2-3-16(13-24)23-19(25)17-12-20(17)6-8-22-9-7-20;;/h4-5,11,16-17,22H,2-3,6-10,12-13H2,1H3,(H,23,25);2*1H. The van der Waals surface area contributed by atoms with Crippen LogP contribution in [0.5, 0.6) is 0 Å². The van der Waals surface area contributed by atoms with E-state index in [1.807, 2.05) is 13.0 Å². The summed E-state index contributed by atoms with van der Waals surface area (Å²) in [4.78, 5) is 15.0. The highest BCUT2D eigenvalue weighted by Gasteiger charge is 2.57. The van der Waals surface area contributed by atoms with Crippen molar-refractivity contribution in [3.05, 3.63) is 29.6 Å². The average molecular weight is 418 g/mol. The second-order valence-electron chi connectivity index (χ2n) is 8.09. The number of rotatable bonds is 3. The lowest BCUT2D eigenvalue weighted by Crippen LogP contribution is -2.49. The van der Waals surface area contributed by atoms with Gasteiger partial charge in [0.2, 0.25) is 5.91 Å². The van der Waals surface area contributed by atoms with Crippen LogP contribution in [0, 0.1) is 24.1 Å². The number of nitrogens with one attached hydrogen (secondary N) is 2. The summed E-state index contributed by atoms with van der Waals surface area (Å²) in [5.41, 5.74) is 2.33. The molecule has 4 nitrogen and oxygen atoms in total. The van der Waals surface area contributed by atoms with Gasteiger partial charge in [0.15, 0.2) is 0 Å². The number of hydrogen-bond acceptors (Lipinski definition) is 3. The average Bonchev–Trinajstić information content (AvgIpc) is 3.29. The molecule has 2 atom stereocenters. The number of benzene rings is 1. The molecule has 2 unspecified atom stereocenters. The van der Waals surface area contributed by atoms with Crippen LogP contribution in [0.15, 0.2) is 18.2 Å². The molecular formula is C20H30Cl2FN3O. The molecule has 1 aromatic carbocycles. The van der Waals surface area contributed by atoms with Gasteiger partial charge in [0.1, 0.15) is 5.82 Å². The number of carbonyl (C=O) groups excluding carboxylic acids is 1. The number of carbonyl (C=O) groups is 1. The first-order valence-electron chi connectivity index (χ1n) is 9.60. The summed E-state index contributed by atoms with van der Waals surface area (Å²) in [6, 6.07) is 5.17. The Morgan fingerprint density at radius 1 is 1.30 bits per heavy atom. The van der Waals surface area contributed by atoms with Crippen LogP contribution in [0.25, 0.3) is 0 Å². The molecule has 1 aliphatic carbocycles. The van der Waals surface area contributed by atoms with Crippen LogP contribution in [0.4, 0.5) is 10.1 Å². The number of piperidine rings is 2. The van der Waals surface area contributed by atoms with Gasteiger partial charge in [-0.25, -0.2) is 4.39 Å². The van der Waals surface area contributed by atoms with E-state index < -0.39 is 0 Å². The minimum atomic E-state index is -0.191. The Kier molecular flexibility index (Phi) is 7.40. The third kappa shape index (κ3) is 4.69. The van der Waals surface area contributed by atoms with Gasteiger partial charge in [-0.15, -0.1) is 24.8 Å². The molecule has 2 heterocycles. The summed E-state index contributed by atoms with van der Waals surface area (Å²) in [5.74, 6) is 0.284. The van der Waals surface area contributed by atoms with E-state index in [9.17, 15) is 9.18 Å². The predicted octanol–water partition coefficient (Wildman–Crippen LogP) is 3.45. The van der Waals surface area contributed by atoms with Crippen molar-refractivity contribution in [3.8, 4) is 0 Å². The van der Waals surface area contributed by atoms with Gasteiger partial charge in [-0.05, 0) is 81.3 Å². The Balaban J connectivity index is 0.00000131. The summed E-state index contributed by atoms with van der Waals surface area (Å²) in [7, 11) is 0. The minimum Gasteiger partial charge on any atom is -0.369 e. The molecule has 3 fully saturated rings. The molecule has 1 spiro atoms. The van der Waals surface area contributed by atoms with E-state index >= 15 is 0 Å². The van der Waals surface area contributed by atoms with Crippen molar-refractivity contribution < 1.29 is 9.18 Å². The third-order valence-electron chi connectivity index (χ3n) is 6.37. The van der Waals surface area contributed by atoms with Crippen molar-refractivity contribution in [1.82, 2.24) is 10.6 Å². The van der Waals surface area contributed by atoms with Crippen LogP contribution in [0.1, 0.15) is 37.7 Å². The number of anilines is 1. The maximum Gasteiger partial charge on any atom is 0.223 e. The lowest BCUT2D eigenvalue weighted by atomic mass is 9.91. The molecule has 3 aliphatic rings. The lowest BCUT2D eigenvalue weighted by Gasteiger charge is -2.36. The molecule has 27 heavy (non-hydrogen) atoms. The molecule has 1 amide bonds. The van der Waals surface area contributed by atoms with Gasteiger partial charge >= 0.3 is 0 Å². The summed E-state index contributed by atoms with van der Waals surface area (Å²) in [5, 5.41) is 6.70. The van der Waals surface area contributed by atoms with Crippen LogP contribution >= 0.6 is 24.8 Å². The van der Waals surface area contributed by atoms with Crippen molar-refractivity contribution in [2.75, 3.05) is 31.1 Å². The van der Waals surface area contributed by atoms with Crippen molar-refractivity contribution in [2.24, 2.45) is 11.3 Å². The van der Waals surface area contributed by atoms with Gasteiger partial charge < -0.3 is 15.5 Å². The Morgan fingerprint density at radius 2 is 2.04 bits per heavy atom. The van der Waals surface area contributed by atoms with Crippen molar-refractivity contribution in [2.45, 2.75) is 45.1 Å². The van der Waals surface area contributed by atoms with Gasteiger partial charge in [0.05, 0.1) is 0 Å². The molecule has 2 saturated heterocycles. The van der Waals surface area contributed by atoms with Crippen molar-refractivity contribution >= 4 is 36.4 Å². The molecular weight excluding hydrogens is 388 g/mol. The van der Waals surface area contributed by atoms with E-state index in [-0.39, 0.29) is 53.9 Å². The zero-order valence-electron chi connectivity index (χ0n) is 15.8. The summed E-state index contributed by atoms with van der Waals surface area (Å²) in [6.07, 6.45) is 5.42. The molecule has 2 N–H and O–H groups in total. The summed E-state index contributed by atoms with van der Waals surface area (Å²) in [6.45, 7) is 5.83. The normalized spacial score (nSPS) is 25.9. The largest absolute Gasteiger partial charge is 0.369 e. The second kappa shape index (κ2) is 8.97. The van der Waals surface area contributed by atoms with E-state index in [4.69, 9.17) is 0 Å². The van der Waals surface area contributed by atoms with E-state index in [0.29, 0.717) is 0 Å². The summed E-state index contributed by atoms with van der Waals surface area (Å²) < 4.78 is 13.4. The fourth-order valence-electron chi connectivity index (χ4n) is 4.78. The first kappa shape index (κ1) is 22.3. The molecule has 1 saturated carbocycles. The zero-order valence-corrected chi connectivity index (χ0v) is 17.4. The maximum atomic E-state index is 13.4. The summed E-state index contributed by atoms with van der Waals surface area (Å²) >= 11 is 0. The third-order valence-corrected chi connectivity index (χ3v) is 6.37. The van der Waals surface area contributed by atoms with E-state index in [1.54, 1.807) is 6.07 Å². The minimum absolute atomic E-state index is 0. The molecule has 2 aliphatic heterocycles. The Labute approximate surface area is 173 Å². The number of nitrogens with zero attached hydrogens (tertiary/aromatic N) is 1. The van der Waals surface area contributed by atoms with Gasteiger partial charge in [0.25, 0.3) is 0 Å². The Bertz CT molecular complexity index is 667.